The molecule has 2 atom stereocenters. The van der Waals surface area contributed by atoms with Crippen molar-refractivity contribution in [3.05, 3.63) is 0 Å². The Hall–Kier alpha value is -1.10. The van der Waals surface area contributed by atoms with E-state index in [1.54, 1.807) is 0 Å². The molecule has 0 bridgehead atoms. The van der Waals surface area contributed by atoms with Crippen molar-refractivity contribution < 1.29 is 9.59 Å². The largest absolute Gasteiger partial charge is 0.355 e. The second kappa shape index (κ2) is 4.05. The highest BCUT2D eigenvalue weighted by atomic mass is 16.2. The summed E-state index contributed by atoms with van der Waals surface area (Å²) in [7, 11) is 0. The van der Waals surface area contributed by atoms with Crippen LogP contribution in [0.2, 0.25) is 0 Å². The summed E-state index contributed by atoms with van der Waals surface area (Å²) >= 11 is 0. The van der Waals surface area contributed by atoms with Gasteiger partial charge in [0.15, 0.2) is 0 Å². The van der Waals surface area contributed by atoms with Gasteiger partial charge in [-0.15, -0.1) is 0 Å². The highest BCUT2D eigenvalue weighted by Crippen LogP contribution is 2.39. The molecule has 1 saturated carbocycles. The normalized spacial score (nSPS) is 28.4. The molecule has 0 aromatic carbocycles. The first-order chi connectivity index (χ1) is 7.55. The lowest BCUT2D eigenvalue weighted by molar-refractivity contribution is -0.128. The first-order valence-corrected chi connectivity index (χ1v) is 5.84. The van der Waals surface area contributed by atoms with Gasteiger partial charge in [-0.2, -0.15) is 0 Å². The summed E-state index contributed by atoms with van der Waals surface area (Å²) in [6, 6.07) is 0. The number of amides is 2. The lowest BCUT2D eigenvalue weighted by Crippen LogP contribution is -2.54. The second-order valence-corrected chi connectivity index (χ2v) is 5.09. The molecule has 2 fully saturated rings. The smallest absolute Gasteiger partial charge is 0.225 e. The molecule has 5 heteroatoms. The zero-order valence-electron chi connectivity index (χ0n) is 9.58. The van der Waals surface area contributed by atoms with E-state index in [1.165, 1.54) is 0 Å². The van der Waals surface area contributed by atoms with Crippen molar-refractivity contribution in [2.24, 2.45) is 17.6 Å². The molecule has 1 saturated heterocycles. The van der Waals surface area contributed by atoms with E-state index < -0.39 is 0 Å². The van der Waals surface area contributed by atoms with E-state index in [4.69, 9.17) is 5.73 Å². The monoisotopic (exact) mass is 225 g/mol. The highest BCUT2D eigenvalue weighted by molar-refractivity contribution is 5.89. The van der Waals surface area contributed by atoms with Crippen molar-refractivity contribution in [3.63, 3.8) is 0 Å². The summed E-state index contributed by atoms with van der Waals surface area (Å²) in [5.41, 5.74) is 5.44. The number of carbonyl (C=O) groups excluding carboxylic acids is 2. The molecule has 2 rings (SSSR count). The van der Waals surface area contributed by atoms with Crippen molar-refractivity contribution in [3.8, 4) is 0 Å². The van der Waals surface area contributed by atoms with Gasteiger partial charge in [0.2, 0.25) is 11.8 Å². The van der Waals surface area contributed by atoms with Crippen LogP contribution in [0.15, 0.2) is 0 Å². The van der Waals surface area contributed by atoms with E-state index in [1.807, 2.05) is 6.92 Å². The Bertz CT molecular complexity index is 314. The third-order valence-corrected chi connectivity index (χ3v) is 3.66. The van der Waals surface area contributed by atoms with Gasteiger partial charge in [-0.3, -0.25) is 9.59 Å². The Morgan fingerprint density at radius 3 is 2.75 bits per heavy atom. The minimum Gasteiger partial charge on any atom is -0.355 e. The molecule has 2 amide bonds. The lowest BCUT2D eigenvalue weighted by Gasteiger charge is -2.30. The Kier molecular flexibility index (Phi) is 2.88. The number of nitrogens with two attached hydrogens (primary N) is 1. The van der Waals surface area contributed by atoms with Crippen molar-refractivity contribution in [1.82, 2.24) is 10.6 Å². The summed E-state index contributed by atoms with van der Waals surface area (Å²) in [5, 5.41) is 5.68. The Balaban J connectivity index is 1.92. The van der Waals surface area contributed by atoms with Crippen LogP contribution in [-0.2, 0) is 9.59 Å². The molecule has 1 heterocycles. The summed E-state index contributed by atoms with van der Waals surface area (Å²) in [4.78, 5) is 23.0. The van der Waals surface area contributed by atoms with Gasteiger partial charge < -0.3 is 16.4 Å². The van der Waals surface area contributed by atoms with Crippen LogP contribution in [0.4, 0.5) is 0 Å². The molecule has 1 aliphatic heterocycles. The average molecular weight is 225 g/mol. The fourth-order valence-corrected chi connectivity index (χ4v) is 2.21. The fraction of sp³-hybridized carbons (Fsp3) is 0.818. The minimum absolute atomic E-state index is 0.0407. The van der Waals surface area contributed by atoms with E-state index in [9.17, 15) is 9.59 Å². The SMILES string of the molecule is CC(CN)(NC(=O)C1CNC(=O)C1)C1CC1. The molecule has 0 radical (unpaired) electrons. The molecule has 2 aliphatic rings. The van der Waals surface area contributed by atoms with Crippen molar-refractivity contribution in [2.75, 3.05) is 13.1 Å². The molecule has 4 N–H and O–H groups in total. The summed E-state index contributed by atoms with van der Waals surface area (Å²) in [6.07, 6.45) is 2.57. The molecule has 0 aromatic rings. The van der Waals surface area contributed by atoms with E-state index >= 15 is 0 Å². The van der Waals surface area contributed by atoms with Gasteiger partial charge in [-0.05, 0) is 25.7 Å². The zero-order valence-corrected chi connectivity index (χ0v) is 9.58. The maximum absolute atomic E-state index is 11.9. The van der Waals surface area contributed by atoms with Crippen LogP contribution in [0.25, 0.3) is 0 Å². The molecule has 1 aliphatic carbocycles. The van der Waals surface area contributed by atoms with Crippen LogP contribution in [0.1, 0.15) is 26.2 Å². The molecule has 5 nitrogen and oxygen atoms in total. The van der Waals surface area contributed by atoms with E-state index in [-0.39, 0.29) is 23.3 Å². The van der Waals surface area contributed by atoms with Gasteiger partial charge in [0, 0.05) is 19.5 Å². The summed E-state index contributed by atoms with van der Waals surface area (Å²) < 4.78 is 0. The number of hydrogen-bond acceptors (Lipinski definition) is 3. The second-order valence-electron chi connectivity index (χ2n) is 5.09. The molecular weight excluding hydrogens is 206 g/mol. The molecule has 0 spiro atoms. The van der Waals surface area contributed by atoms with Gasteiger partial charge in [0.05, 0.1) is 11.5 Å². The minimum atomic E-state index is -0.289. The fourth-order valence-electron chi connectivity index (χ4n) is 2.21. The molecule has 0 aromatic heterocycles. The van der Waals surface area contributed by atoms with Crippen molar-refractivity contribution >= 4 is 11.8 Å². The number of hydrogen-bond donors (Lipinski definition) is 3. The number of rotatable bonds is 4. The predicted octanol–water partition coefficient (Wildman–Crippen LogP) is -0.634. The van der Waals surface area contributed by atoms with Gasteiger partial charge in [0.1, 0.15) is 0 Å². The number of nitrogens with one attached hydrogen (secondary N) is 2. The van der Waals surface area contributed by atoms with Crippen molar-refractivity contribution in [2.45, 2.75) is 31.7 Å². The van der Waals surface area contributed by atoms with E-state index in [2.05, 4.69) is 10.6 Å². The summed E-state index contributed by atoms with van der Waals surface area (Å²) in [6.45, 7) is 2.90. The Labute approximate surface area is 95.1 Å². The molecule has 2 unspecified atom stereocenters. The molecular formula is C11H19N3O2. The van der Waals surface area contributed by atoms with Crippen LogP contribution < -0.4 is 16.4 Å². The highest BCUT2D eigenvalue weighted by Gasteiger charge is 2.43. The van der Waals surface area contributed by atoms with E-state index in [0.717, 1.165) is 12.8 Å². The lowest BCUT2D eigenvalue weighted by atomic mass is 9.94. The van der Waals surface area contributed by atoms with Gasteiger partial charge in [0.25, 0.3) is 0 Å². The first kappa shape index (κ1) is 11.4. The van der Waals surface area contributed by atoms with Crippen LogP contribution >= 0.6 is 0 Å². The number of carbonyl (C=O) groups is 2. The standard InChI is InChI=1S/C11H19N3O2/c1-11(6-12,8-2-3-8)14-10(16)7-4-9(15)13-5-7/h7-8H,2-6,12H2,1H3,(H,13,15)(H,14,16). The quantitative estimate of drug-likeness (QED) is 0.595. The van der Waals surface area contributed by atoms with Crippen LogP contribution in [0.3, 0.4) is 0 Å². The third kappa shape index (κ3) is 2.19. The average Bonchev–Trinajstić information content (AvgIpc) is 3.02. The van der Waals surface area contributed by atoms with Crippen molar-refractivity contribution in [1.29, 1.82) is 0 Å². The summed E-state index contributed by atoms with van der Waals surface area (Å²) in [5.74, 6) is 0.197. The van der Waals surface area contributed by atoms with Gasteiger partial charge >= 0.3 is 0 Å². The van der Waals surface area contributed by atoms with Crippen LogP contribution in [-0.4, -0.2) is 30.4 Å². The third-order valence-electron chi connectivity index (χ3n) is 3.66. The van der Waals surface area contributed by atoms with Gasteiger partial charge in [-0.1, -0.05) is 0 Å². The maximum atomic E-state index is 11.9. The Morgan fingerprint density at radius 2 is 2.31 bits per heavy atom. The molecule has 16 heavy (non-hydrogen) atoms. The van der Waals surface area contributed by atoms with Crippen LogP contribution in [0, 0.1) is 11.8 Å². The zero-order chi connectivity index (χ0) is 11.8. The van der Waals surface area contributed by atoms with Gasteiger partial charge in [-0.25, -0.2) is 0 Å². The van der Waals surface area contributed by atoms with E-state index in [0.29, 0.717) is 25.4 Å². The Morgan fingerprint density at radius 1 is 1.62 bits per heavy atom. The predicted molar refractivity (Wildman–Crippen MR) is 59.4 cm³/mol. The first-order valence-electron chi connectivity index (χ1n) is 5.84. The maximum Gasteiger partial charge on any atom is 0.225 e. The molecule has 90 valence electrons. The van der Waals surface area contributed by atoms with Crippen LogP contribution in [0.5, 0.6) is 0 Å². The topological polar surface area (TPSA) is 84.2 Å².